The monoisotopic (exact) mass is 297 g/mol. The van der Waals surface area contributed by atoms with Gasteiger partial charge in [0.15, 0.2) is 0 Å². The number of methoxy groups -OCH3 is 1. The molecule has 0 fully saturated rings. The Labute approximate surface area is 99.7 Å². The topological polar surface area (TPSA) is 35.2 Å². The molecule has 0 aromatic heterocycles. The van der Waals surface area contributed by atoms with E-state index in [1.165, 1.54) is 7.11 Å². The van der Waals surface area contributed by atoms with E-state index in [1.807, 2.05) is 0 Å². The van der Waals surface area contributed by atoms with Gasteiger partial charge in [-0.3, -0.25) is 0 Å². The second-order valence-corrected chi connectivity index (χ2v) is 4.25. The second kappa shape index (κ2) is 5.16. The van der Waals surface area contributed by atoms with Gasteiger partial charge in [0.2, 0.25) is 0 Å². The third-order valence-electron chi connectivity index (χ3n) is 2.02. The van der Waals surface area contributed by atoms with Crippen molar-refractivity contribution < 1.29 is 17.9 Å². The number of rotatable bonds is 3. The van der Waals surface area contributed by atoms with Crippen LogP contribution in [0, 0.1) is 0 Å². The summed E-state index contributed by atoms with van der Waals surface area (Å²) in [5.41, 5.74) is 5.35. The van der Waals surface area contributed by atoms with Crippen LogP contribution in [0.4, 0.5) is 13.2 Å². The highest BCUT2D eigenvalue weighted by atomic mass is 79.9. The molecule has 1 atom stereocenters. The van der Waals surface area contributed by atoms with Gasteiger partial charge in [-0.05, 0) is 23.8 Å². The predicted molar refractivity (Wildman–Crippen MR) is 57.9 cm³/mol. The summed E-state index contributed by atoms with van der Waals surface area (Å²) in [6, 6.07) is 3.04. The van der Waals surface area contributed by atoms with Crippen LogP contribution in [-0.2, 0) is 10.9 Å². The summed E-state index contributed by atoms with van der Waals surface area (Å²) in [5, 5.41) is 0. The van der Waals surface area contributed by atoms with Crippen LogP contribution >= 0.6 is 15.9 Å². The standard InChI is InChI=1S/C10H11BrF3NO/c1-16-5-9(15)6-2-7(10(12,13)14)4-8(11)3-6/h2-4,9H,5,15H2,1H3/t9-/m0/s1. The molecule has 0 aliphatic rings. The second-order valence-electron chi connectivity index (χ2n) is 3.33. The van der Waals surface area contributed by atoms with Gasteiger partial charge < -0.3 is 10.5 Å². The van der Waals surface area contributed by atoms with Crippen molar-refractivity contribution in [3.8, 4) is 0 Å². The van der Waals surface area contributed by atoms with Gasteiger partial charge >= 0.3 is 6.18 Å². The van der Waals surface area contributed by atoms with Crippen molar-refractivity contribution in [1.29, 1.82) is 0 Å². The fraction of sp³-hybridized carbons (Fsp3) is 0.400. The lowest BCUT2D eigenvalue weighted by Crippen LogP contribution is -2.17. The molecule has 0 aliphatic carbocycles. The summed E-state index contributed by atoms with van der Waals surface area (Å²) in [7, 11) is 1.45. The van der Waals surface area contributed by atoms with Crippen LogP contribution in [0.5, 0.6) is 0 Å². The van der Waals surface area contributed by atoms with E-state index in [0.29, 0.717) is 10.0 Å². The summed E-state index contributed by atoms with van der Waals surface area (Å²) in [4.78, 5) is 0. The predicted octanol–water partition coefficient (Wildman–Crippen LogP) is 3.11. The number of hydrogen-bond donors (Lipinski definition) is 1. The Balaban J connectivity index is 3.08. The van der Waals surface area contributed by atoms with E-state index in [4.69, 9.17) is 10.5 Å². The molecule has 0 bridgehead atoms. The molecule has 1 aromatic rings. The molecule has 2 nitrogen and oxygen atoms in total. The first kappa shape index (κ1) is 13.5. The molecule has 16 heavy (non-hydrogen) atoms. The minimum Gasteiger partial charge on any atom is -0.383 e. The summed E-state index contributed by atoms with van der Waals surface area (Å²) < 4.78 is 42.7. The van der Waals surface area contributed by atoms with E-state index in [9.17, 15) is 13.2 Å². The van der Waals surface area contributed by atoms with Crippen LogP contribution < -0.4 is 5.73 Å². The van der Waals surface area contributed by atoms with Gasteiger partial charge in [0.1, 0.15) is 0 Å². The van der Waals surface area contributed by atoms with Crippen LogP contribution in [0.3, 0.4) is 0 Å². The van der Waals surface area contributed by atoms with Crippen molar-refractivity contribution in [2.24, 2.45) is 5.73 Å². The number of hydrogen-bond acceptors (Lipinski definition) is 2. The van der Waals surface area contributed by atoms with E-state index in [0.717, 1.165) is 12.1 Å². The highest BCUT2D eigenvalue weighted by Gasteiger charge is 2.31. The van der Waals surface area contributed by atoms with E-state index < -0.39 is 17.8 Å². The molecule has 0 aliphatic heterocycles. The van der Waals surface area contributed by atoms with Crippen LogP contribution in [0.1, 0.15) is 17.2 Å². The maximum atomic E-state index is 12.5. The summed E-state index contributed by atoms with van der Waals surface area (Å²) in [6.07, 6.45) is -4.37. The zero-order valence-corrected chi connectivity index (χ0v) is 10.1. The molecule has 0 saturated carbocycles. The molecule has 0 saturated heterocycles. The van der Waals surface area contributed by atoms with E-state index in [2.05, 4.69) is 15.9 Å². The fourth-order valence-corrected chi connectivity index (χ4v) is 1.78. The first-order valence-corrected chi connectivity index (χ1v) is 5.26. The van der Waals surface area contributed by atoms with E-state index in [1.54, 1.807) is 6.07 Å². The number of halogens is 4. The number of ether oxygens (including phenoxy) is 1. The Morgan fingerprint density at radius 3 is 2.50 bits per heavy atom. The lowest BCUT2D eigenvalue weighted by atomic mass is 10.0. The molecular formula is C10H11BrF3NO. The normalized spacial score (nSPS) is 13.9. The minimum absolute atomic E-state index is 0.174. The molecule has 0 spiro atoms. The summed E-state index contributed by atoms with van der Waals surface area (Å²) in [6.45, 7) is 0.174. The molecular weight excluding hydrogens is 287 g/mol. The Morgan fingerprint density at radius 1 is 1.38 bits per heavy atom. The molecule has 90 valence electrons. The third-order valence-corrected chi connectivity index (χ3v) is 2.48. The molecule has 2 N–H and O–H groups in total. The highest BCUT2D eigenvalue weighted by Crippen LogP contribution is 2.33. The Kier molecular flexibility index (Phi) is 4.35. The van der Waals surface area contributed by atoms with Gasteiger partial charge in [0.05, 0.1) is 18.2 Å². The lowest BCUT2D eigenvalue weighted by Gasteiger charge is -2.14. The fourth-order valence-electron chi connectivity index (χ4n) is 1.27. The van der Waals surface area contributed by atoms with Crippen molar-refractivity contribution >= 4 is 15.9 Å². The third kappa shape index (κ3) is 3.47. The smallest absolute Gasteiger partial charge is 0.383 e. The SMILES string of the molecule is COC[C@H](N)c1cc(Br)cc(C(F)(F)F)c1. The van der Waals surface area contributed by atoms with Crippen LogP contribution in [-0.4, -0.2) is 13.7 Å². The quantitative estimate of drug-likeness (QED) is 0.930. The van der Waals surface area contributed by atoms with Gasteiger partial charge in [0.25, 0.3) is 0 Å². The Bertz CT molecular complexity index is 368. The van der Waals surface area contributed by atoms with Gasteiger partial charge in [-0.1, -0.05) is 15.9 Å². The lowest BCUT2D eigenvalue weighted by molar-refractivity contribution is -0.137. The van der Waals surface area contributed by atoms with Gasteiger partial charge in [0, 0.05) is 11.6 Å². The highest BCUT2D eigenvalue weighted by molar-refractivity contribution is 9.10. The summed E-state index contributed by atoms with van der Waals surface area (Å²) in [5.74, 6) is 0. The van der Waals surface area contributed by atoms with Gasteiger partial charge in [-0.15, -0.1) is 0 Å². The van der Waals surface area contributed by atoms with Crippen molar-refractivity contribution in [1.82, 2.24) is 0 Å². The van der Waals surface area contributed by atoms with Crippen LogP contribution in [0.2, 0.25) is 0 Å². The summed E-state index contributed by atoms with van der Waals surface area (Å²) >= 11 is 3.03. The first-order valence-electron chi connectivity index (χ1n) is 4.47. The molecule has 1 rings (SSSR count). The van der Waals surface area contributed by atoms with E-state index in [-0.39, 0.29) is 6.61 Å². The van der Waals surface area contributed by atoms with Crippen molar-refractivity contribution in [2.75, 3.05) is 13.7 Å². The zero-order chi connectivity index (χ0) is 12.3. The minimum atomic E-state index is -4.37. The maximum Gasteiger partial charge on any atom is 0.416 e. The average molecular weight is 298 g/mol. The number of benzene rings is 1. The molecule has 0 amide bonds. The zero-order valence-electron chi connectivity index (χ0n) is 8.51. The largest absolute Gasteiger partial charge is 0.416 e. The molecule has 6 heteroatoms. The van der Waals surface area contributed by atoms with Crippen molar-refractivity contribution in [3.63, 3.8) is 0 Å². The maximum absolute atomic E-state index is 12.5. The molecule has 1 aromatic carbocycles. The van der Waals surface area contributed by atoms with E-state index >= 15 is 0 Å². The van der Waals surface area contributed by atoms with Crippen molar-refractivity contribution in [3.05, 3.63) is 33.8 Å². The number of alkyl halides is 3. The molecule has 0 unspecified atom stereocenters. The molecule has 0 radical (unpaired) electrons. The van der Waals surface area contributed by atoms with Crippen molar-refractivity contribution in [2.45, 2.75) is 12.2 Å². The average Bonchev–Trinajstić information content (AvgIpc) is 2.16. The first-order chi connectivity index (χ1) is 7.34. The Hall–Kier alpha value is -0.590. The number of nitrogens with two attached hydrogens (primary N) is 1. The Morgan fingerprint density at radius 2 is 2.00 bits per heavy atom. The van der Waals surface area contributed by atoms with Crippen LogP contribution in [0.25, 0.3) is 0 Å². The molecule has 0 heterocycles. The van der Waals surface area contributed by atoms with Crippen LogP contribution in [0.15, 0.2) is 22.7 Å². The van der Waals surface area contributed by atoms with Gasteiger partial charge in [-0.2, -0.15) is 13.2 Å². The van der Waals surface area contributed by atoms with Gasteiger partial charge in [-0.25, -0.2) is 0 Å².